The highest BCUT2D eigenvalue weighted by atomic mass is 32.2. The Morgan fingerprint density at radius 1 is 1.09 bits per heavy atom. The van der Waals surface area contributed by atoms with Crippen LogP contribution in [0.5, 0.6) is 0 Å². The molecule has 35 heavy (non-hydrogen) atoms. The summed E-state index contributed by atoms with van der Waals surface area (Å²) in [7, 11) is -3.62. The monoisotopic (exact) mass is 505 g/mol. The number of hydrogen-bond acceptors (Lipinski definition) is 4. The summed E-state index contributed by atoms with van der Waals surface area (Å²) < 4.78 is 39.1. The standard InChI is InChI=1S/C26H36FN3O4S/c1-5-6-16-28-26(32)21(3)29(19-22-10-7-9-20(2)18-22)25(31)11-8-17-30(35(4,33)34)24-14-12-23(27)13-15-24/h7,9-10,12-15,18,21H,5-6,8,11,16-17,19H2,1-4H3,(H,28,32)/t21-/m0/s1. The molecule has 0 bridgehead atoms. The van der Waals surface area contributed by atoms with Crippen LogP contribution in [0.4, 0.5) is 10.1 Å². The fourth-order valence-corrected chi connectivity index (χ4v) is 4.70. The molecule has 0 aliphatic heterocycles. The van der Waals surface area contributed by atoms with E-state index in [0.29, 0.717) is 12.2 Å². The Labute approximate surface area is 208 Å². The van der Waals surface area contributed by atoms with E-state index in [4.69, 9.17) is 0 Å². The van der Waals surface area contributed by atoms with Crippen molar-refractivity contribution < 1.29 is 22.4 Å². The van der Waals surface area contributed by atoms with Crippen LogP contribution < -0.4 is 9.62 Å². The lowest BCUT2D eigenvalue weighted by atomic mass is 10.1. The SMILES string of the molecule is CCCCNC(=O)[C@H](C)N(Cc1cccc(C)c1)C(=O)CCCN(c1ccc(F)cc1)S(C)(=O)=O. The molecule has 2 amide bonds. The number of halogens is 1. The fourth-order valence-electron chi connectivity index (χ4n) is 3.74. The number of anilines is 1. The molecule has 0 aliphatic carbocycles. The number of aryl methyl sites for hydroxylation is 1. The van der Waals surface area contributed by atoms with Crippen LogP contribution >= 0.6 is 0 Å². The third kappa shape index (κ3) is 8.98. The van der Waals surface area contributed by atoms with Crippen molar-refractivity contribution in [3.8, 4) is 0 Å². The summed E-state index contributed by atoms with van der Waals surface area (Å²) >= 11 is 0. The van der Waals surface area contributed by atoms with Crippen LogP contribution in [0.15, 0.2) is 48.5 Å². The zero-order chi connectivity index (χ0) is 26.0. The highest BCUT2D eigenvalue weighted by molar-refractivity contribution is 7.92. The van der Waals surface area contributed by atoms with E-state index < -0.39 is 21.9 Å². The van der Waals surface area contributed by atoms with Gasteiger partial charge in [-0.1, -0.05) is 43.2 Å². The van der Waals surface area contributed by atoms with E-state index >= 15 is 0 Å². The maximum Gasteiger partial charge on any atom is 0.242 e. The molecule has 0 unspecified atom stereocenters. The third-order valence-electron chi connectivity index (χ3n) is 5.70. The molecule has 0 radical (unpaired) electrons. The van der Waals surface area contributed by atoms with Crippen molar-refractivity contribution in [2.45, 2.75) is 59.0 Å². The average molecular weight is 506 g/mol. The molecule has 1 atom stereocenters. The van der Waals surface area contributed by atoms with Gasteiger partial charge in [0.2, 0.25) is 21.8 Å². The number of carbonyl (C=O) groups excluding carboxylic acids is 2. The van der Waals surface area contributed by atoms with Crippen LogP contribution in [-0.2, 0) is 26.2 Å². The van der Waals surface area contributed by atoms with Crippen molar-refractivity contribution in [2.75, 3.05) is 23.7 Å². The van der Waals surface area contributed by atoms with Gasteiger partial charge >= 0.3 is 0 Å². The number of rotatable bonds is 13. The van der Waals surface area contributed by atoms with E-state index in [0.717, 1.165) is 34.5 Å². The van der Waals surface area contributed by atoms with Crippen molar-refractivity contribution >= 4 is 27.5 Å². The summed E-state index contributed by atoms with van der Waals surface area (Å²) in [5.74, 6) is -0.920. The zero-order valence-corrected chi connectivity index (χ0v) is 21.8. The van der Waals surface area contributed by atoms with Gasteiger partial charge in [-0.3, -0.25) is 13.9 Å². The van der Waals surface area contributed by atoms with Gasteiger partial charge in [0.25, 0.3) is 0 Å². The van der Waals surface area contributed by atoms with Gasteiger partial charge < -0.3 is 10.2 Å². The number of nitrogens with one attached hydrogen (secondary N) is 1. The number of unbranched alkanes of at least 4 members (excludes halogenated alkanes) is 1. The highest BCUT2D eigenvalue weighted by Crippen LogP contribution is 2.20. The maximum atomic E-state index is 13.3. The maximum absolute atomic E-state index is 13.3. The van der Waals surface area contributed by atoms with Gasteiger partial charge in [0, 0.05) is 26.1 Å². The van der Waals surface area contributed by atoms with E-state index in [9.17, 15) is 22.4 Å². The molecule has 0 aromatic heterocycles. The van der Waals surface area contributed by atoms with Crippen molar-refractivity contribution in [3.63, 3.8) is 0 Å². The molecule has 9 heteroatoms. The van der Waals surface area contributed by atoms with Gasteiger partial charge in [-0.2, -0.15) is 0 Å². The summed E-state index contributed by atoms with van der Waals surface area (Å²) in [6.45, 7) is 6.59. The second-order valence-corrected chi connectivity index (χ2v) is 10.7. The van der Waals surface area contributed by atoms with Crippen molar-refractivity contribution in [2.24, 2.45) is 0 Å². The molecule has 2 aromatic rings. The summed E-state index contributed by atoms with van der Waals surface area (Å²) in [6, 6.07) is 12.3. The van der Waals surface area contributed by atoms with Crippen LogP contribution in [0.25, 0.3) is 0 Å². The average Bonchev–Trinajstić information content (AvgIpc) is 2.80. The Kier molecular flexibility index (Phi) is 10.7. The van der Waals surface area contributed by atoms with E-state index in [1.54, 1.807) is 11.8 Å². The van der Waals surface area contributed by atoms with Crippen LogP contribution in [-0.4, -0.2) is 50.5 Å². The Balaban J connectivity index is 2.13. The Bertz CT molecular complexity index is 1090. The first kappa shape index (κ1) is 28.3. The number of benzene rings is 2. The lowest BCUT2D eigenvalue weighted by Crippen LogP contribution is -2.48. The predicted octanol–water partition coefficient (Wildman–Crippen LogP) is 4.01. The van der Waals surface area contributed by atoms with Crippen molar-refractivity contribution in [3.05, 3.63) is 65.5 Å². The number of nitrogens with zero attached hydrogens (tertiary/aromatic N) is 2. The largest absolute Gasteiger partial charge is 0.354 e. The zero-order valence-electron chi connectivity index (χ0n) is 21.0. The second-order valence-electron chi connectivity index (χ2n) is 8.75. The second kappa shape index (κ2) is 13.2. The van der Waals surface area contributed by atoms with Crippen molar-refractivity contribution in [1.82, 2.24) is 10.2 Å². The first-order chi connectivity index (χ1) is 16.5. The van der Waals surface area contributed by atoms with E-state index in [1.807, 2.05) is 38.1 Å². The smallest absolute Gasteiger partial charge is 0.242 e. The molecule has 7 nitrogen and oxygen atoms in total. The van der Waals surface area contributed by atoms with Crippen LogP contribution in [0, 0.1) is 12.7 Å². The van der Waals surface area contributed by atoms with Gasteiger partial charge in [0.05, 0.1) is 11.9 Å². The molecule has 1 N–H and O–H groups in total. The first-order valence-corrected chi connectivity index (χ1v) is 13.7. The van der Waals surface area contributed by atoms with Crippen molar-refractivity contribution in [1.29, 1.82) is 0 Å². The highest BCUT2D eigenvalue weighted by Gasteiger charge is 2.26. The third-order valence-corrected chi connectivity index (χ3v) is 6.89. The number of amides is 2. The van der Waals surface area contributed by atoms with Gasteiger partial charge in [0.15, 0.2) is 0 Å². The molecule has 0 fully saturated rings. The van der Waals surface area contributed by atoms with E-state index in [-0.39, 0.29) is 37.7 Å². The molecule has 0 saturated heterocycles. The van der Waals surface area contributed by atoms with Gasteiger partial charge in [-0.25, -0.2) is 12.8 Å². The van der Waals surface area contributed by atoms with Crippen LogP contribution in [0.1, 0.15) is 50.7 Å². The van der Waals surface area contributed by atoms with Gasteiger partial charge in [-0.15, -0.1) is 0 Å². The molecule has 2 aromatic carbocycles. The van der Waals surface area contributed by atoms with Crippen LogP contribution in [0.2, 0.25) is 0 Å². The lowest BCUT2D eigenvalue weighted by Gasteiger charge is -2.29. The van der Waals surface area contributed by atoms with E-state index in [2.05, 4.69) is 5.32 Å². The molecule has 192 valence electrons. The minimum absolute atomic E-state index is 0.0611. The molecule has 0 spiro atoms. The summed E-state index contributed by atoms with van der Waals surface area (Å²) in [5, 5.41) is 2.89. The summed E-state index contributed by atoms with van der Waals surface area (Å²) in [5.41, 5.74) is 2.30. The Morgan fingerprint density at radius 3 is 2.37 bits per heavy atom. The lowest BCUT2D eigenvalue weighted by molar-refractivity contribution is -0.140. The quantitative estimate of drug-likeness (QED) is 0.417. The molecule has 0 saturated carbocycles. The number of carbonyl (C=O) groups is 2. The number of hydrogen-bond donors (Lipinski definition) is 1. The van der Waals surface area contributed by atoms with Crippen LogP contribution in [0.3, 0.4) is 0 Å². The van der Waals surface area contributed by atoms with Gasteiger partial charge in [-0.05, 0) is 56.5 Å². The number of sulfonamides is 1. The Morgan fingerprint density at radius 2 is 1.77 bits per heavy atom. The molecule has 0 aliphatic rings. The molecule has 2 rings (SSSR count). The fraction of sp³-hybridized carbons (Fsp3) is 0.462. The van der Waals surface area contributed by atoms with E-state index in [1.165, 1.54) is 24.3 Å². The normalized spacial score (nSPS) is 12.1. The Hall–Kier alpha value is -2.94. The predicted molar refractivity (Wildman–Crippen MR) is 137 cm³/mol. The minimum atomic E-state index is -3.62. The summed E-state index contributed by atoms with van der Waals surface area (Å²) in [4.78, 5) is 27.5. The molecule has 0 heterocycles. The first-order valence-electron chi connectivity index (χ1n) is 11.9. The topological polar surface area (TPSA) is 86.8 Å². The summed E-state index contributed by atoms with van der Waals surface area (Å²) in [6.07, 6.45) is 3.19. The van der Waals surface area contributed by atoms with Gasteiger partial charge in [0.1, 0.15) is 11.9 Å². The molecular formula is C26H36FN3O4S. The molecular weight excluding hydrogens is 469 g/mol. The minimum Gasteiger partial charge on any atom is -0.354 e.